The fourth-order valence-electron chi connectivity index (χ4n) is 4.91. The van der Waals surface area contributed by atoms with E-state index in [0.717, 1.165) is 34.6 Å². The molecule has 18 heteroatoms. The highest BCUT2D eigenvalue weighted by Crippen LogP contribution is 2.34. The van der Waals surface area contributed by atoms with Crippen LogP contribution in [-0.4, -0.2) is 121 Å². The number of anilines is 1. The molecule has 2 heterocycles. The SMILES string of the molecule is CC(=O)Nc1ccc(O[C@H]2OC(COC(C)=O)[C@@H](O[C@H]3OC(COC(C)=O)[C@@H](OC(C)=O)C(OC(C)=O)[C@H]3OC(C)=O)C(O)C2O)cc1. The lowest BCUT2D eigenvalue weighted by Crippen LogP contribution is -2.66. The molecule has 3 N–H and O–H groups in total. The lowest BCUT2D eigenvalue weighted by molar-refractivity contribution is -0.354. The summed E-state index contributed by atoms with van der Waals surface area (Å²) in [5, 5.41) is 24.9. The molecule has 3 rings (SSSR count). The number of aliphatic hydroxyl groups is 2. The summed E-state index contributed by atoms with van der Waals surface area (Å²) in [4.78, 5) is 71.0. The second-order valence-corrected chi connectivity index (χ2v) is 10.8. The van der Waals surface area contributed by atoms with Gasteiger partial charge in [0.15, 0.2) is 24.6 Å². The zero-order chi connectivity index (χ0) is 35.7. The molecule has 1 aromatic carbocycles. The van der Waals surface area contributed by atoms with E-state index in [1.165, 1.54) is 31.2 Å². The van der Waals surface area contributed by atoms with E-state index < -0.39 is 104 Å². The average molecular weight is 686 g/mol. The van der Waals surface area contributed by atoms with Crippen molar-refractivity contribution in [2.45, 2.75) is 103 Å². The molecule has 10 atom stereocenters. The van der Waals surface area contributed by atoms with E-state index in [1.54, 1.807) is 0 Å². The Kier molecular flexibility index (Phi) is 13.6. The quantitative estimate of drug-likeness (QED) is 0.186. The van der Waals surface area contributed by atoms with E-state index in [4.69, 9.17) is 42.6 Å². The molecule has 48 heavy (non-hydrogen) atoms. The van der Waals surface area contributed by atoms with Gasteiger partial charge < -0.3 is 58.2 Å². The minimum atomic E-state index is -1.84. The molecule has 0 aromatic heterocycles. The number of benzene rings is 1. The molecule has 5 unspecified atom stereocenters. The van der Waals surface area contributed by atoms with E-state index in [2.05, 4.69) is 5.32 Å². The highest BCUT2D eigenvalue weighted by atomic mass is 16.8. The van der Waals surface area contributed by atoms with Gasteiger partial charge in [-0.15, -0.1) is 0 Å². The average Bonchev–Trinajstić information content (AvgIpc) is 2.98. The molecule has 2 aliphatic rings. The van der Waals surface area contributed by atoms with Gasteiger partial charge >= 0.3 is 29.8 Å². The van der Waals surface area contributed by atoms with Crippen LogP contribution in [0.25, 0.3) is 0 Å². The van der Waals surface area contributed by atoms with E-state index in [9.17, 15) is 39.0 Å². The smallest absolute Gasteiger partial charge is 0.303 e. The summed E-state index contributed by atoms with van der Waals surface area (Å²) in [5.41, 5.74) is 0.464. The fraction of sp³-hybridized carbons (Fsp3) is 0.600. The molecule has 0 bridgehead atoms. The van der Waals surface area contributed by atoms with Gasteiger partial charge in [-0.3, -0.25) is 28.8 Å². The summed E-state index contributed by atoms with van der Waals surface area (Å²) in [7, 11) is 0. The first-order chi connectivity index (χ1) is 22.5. The van der Waals surface area contributed by atoms with Gasteiger partial charge in [0.1, 0.15) is 49.5 Å². The summed E-state index contributed by atoms with van der Waals surface area (Å²) in [6.07, 6.45) is -16.0. The van der Waals surface area contributed by atoms with Crippen LogP contribution in [0.15, 0.2) is 24.3 Å². The number of hydrogen-bond donors (Lipinski definition) is 3. The van der Waals surface area contributed by atoms with Gasteiger partial charge in [-0.2, -0.15) is 0 Å². The first-order valence-electron chi connectivity index (χ1n) is 14.7. The number of aliphatic hydroxyl groups excluding tert-OH is 2. The molecule has 0 saturated carbocycles. The van der Waals surface area contributed by atoms with Gasteiger partial charge in [0.05, 0.1) is 0 Å². The lowest BCUT2D eigenvalue weighted by atomic mass is 9.96. The molecular formula is C30H39NO17. The predicted octanol–water partition coefficient (Wildman–Crippen LogP) is -0.498. The van der Waals surface area contributed by atoms with E-state index in [-0.39, 0.29) is 11.7 Å². The van der Waals surface area contributed by atoms with Crippen LogP contribution >= 0.6 is 0 Å². The molecule has 1 aromatic rings. The number of ether oxygens (including phenoxy) is 9. The third kappa shape index (κ3) is 10.8. The number of carbonyl (C=O) groups is 6. The Bertz CT molecular complexity index is 1320. The van der Waals surface area contributed by atoms with Crippen molar-refractivity contribution in [1.82, 2.24) is 0 Å². The topological polar surface area (TPSA) is 238 Å². The van der Waals surface area contributed by atoms with Crippen molar-refractivity contribution in [2.75, 3.05) is 18.5 Å². The first kappa shape index (κ1) is 38.1. The van der Waals surface area contributed by atoms with Crippen molar-refractivity contribution in [3.05, 3.63) is 24.3 Å². The van der Waals surface area contributed by atoms with Crippen LogP contribution in [0.2, 0.25) is 0 Å². The highest BCUT2D eigenvalue weighted by molar-refractivity contribution is 5.88. The molecule has 0 aliphatic carbocycles. The molecule has 266 valence electrons. The predicted molar refractivity (Wildman–Crippen MR) is 156 cm³/mol. The second-order valence-electron chi connectivity index (χ2n) is 10.8. The maximum Gasteiger partial charge on any atom is 0.303 e. The zero-order valence-corrected chi connectivity index (χ0v) is 27.0. The third-order valence-electron chi connectivity index (χ3n) is 6.76. The van der Waals surface area contributed by atoms with Crippen LogP contribution in [0.5, 0.6) is 5.75 Å². The first-order valence-corrected chi connectivity index (χ1v) is 14.7. The van der Waals surface area contributed by atoms with Crippen molar-refractivity contribution in [3.8, 4) is 5.75 Å². The van der Waals surface area contributed by atoms with E-state index >= 15 is 0 Å². The van der Waals surface area contributed by atoms with Crippen LogP contribution in [0, 0.1) is 0 Å². The van der Waals surface area contributed by atoms with Gasteiger partial charge in [0.25, 0.3) is 0 Å². The Labute approximate surface area is 274 Å². The number of rotatable bonds is 12. The molecule has 2 aliphatic heterocycles. The van der Waals surface area contributed by atoms with Crippen molar-refractivity contribution in [2.24, 2.45) is 0 Å². The number of hydrogen-bond acceptors (Lipinski definition) is 17. The van der Waals surface area contributed by atoms with Gasteiger partial charge in [0.2, 0.25) is 12.2 Å². The van der Waals surface area contributed by atoms with Crippen LogP contribution < -0.4 is 10.1 Å². The van der Waals surface area contributed by atoms with Crippen LogP contribution in [0.1, 0.15) is 41.5 Å². The van der Waals surface area contributed by atoms with Crippen molar-refractivity contribution in [1.29, 1.82) is 0 Å². The number of nitrogens with one attached hydrogen (secondary N) is 1. The summed E-state index contributed by atoms with van der Waals surface area (Å²) in [5.74, 6) is -4.21. The van der Waals surface area contributed by atoms with Crippen molar-refractivity contribution < 1.29 is 81.6 Å². The normalized spacial score (nSPS) is 29.8. The minimum absolute atomic E-state index is 0.172. The fourth-order valence-corrected chi connectivity index (χ4v) is 4.91. The Morgan fingerprint density at radius 2 is 1.10 bits per heavy atom. The van der Waals surface area contributed by atoms with Gasteiger partial charge in [-0.05, 0) is 24.3 Å². The summed E-state index contributed by atoms with van der Waals surface area (Å²) >= 11 is 0. The monoisotopic (exact) mass is 685 g/mol. The summed E-state index contributed by atoms with van der Waals surface area (Å²) in [6, 6.07) is 5.98. The maximum atomic E-state index is 12.2. The molecule has 0 radical (unpaired) electrons. The second kappa shape index (κ2) is 17.2. The van der Waals surface area contributed by atoms with Gasteiger partial charge in [-0.25, -0.2) is 0 Å². The Morgan fingerprint density at radius 1 is 0.625 bits per heavy atom. The number of esters is 5. The standard InChI is InChI=1S/C30H39NO17/c1-13(32)31-19-7-9-20(10-8-19)45-29-24(39)23(38)25(21(46-29)11-40-14(2)33)48-30-28(44-18(6)37)27(43-17(5)36)26(42-16(4)35)22(47-30)12-41-15(3)34/h7-10,21-30,38-39H,11-12H2,1-6H3,(H,31,32)/t21?,22?,23?,24?,25-,26-,27?,28-,29+,30-/m1/s1. The molecule has 0 spiro atoms. The number of amides is 1. The summed E-state index contributed by atoms with van der Waals surface area (Å²) in [6.45, 7) is 5.62. The largest absolute Gasteiger partial charge is 0.463 e. The summed E-state index contributed by atoms with van der Waals surface area (Å²) < 4.78 is 49.8. The molecule has 18 nitrogen and oxygen atoms in total. The zero-order valence-electron chi connectivity index (χ0n) is 27.0. The molecular weight excluding hydrogens is 646 g/mol. The van der Waals surface area contributed by atoms with E-state index in [1.807, 2.05) is 0 Å². The Morgan fingerprint density at radius 3 is 1.60 bits per heavy atom. The van der Waals surface area contributed by atoms with E-state index in [0.29, 0.717) is 5.69 Å². The van der Waals surface area contributed by atoms with Crippen LogP contribution in [0.4, 0.5) is 5.69 Å². The van der Waals surface area contributed by atoms with Gasteiger partial charge in [0, 0.05) is 47.2 Å². The van der Waals surface area contributed by atoms with Crippen LogP contribution in [-0.2, 0) is 66.7 Å². The Hall–Kier alpha value is -4.36. The molecule has 2 saturated heterocycles. The minimum Gasteiger partial charge on any atom is -0.463 e. The van der Waals surface area contributed by atoms with Crippen molar-refractivity contribution >= 4 is 41.4 Å². The van der Waals surface area contributed by atoms with Gasteiger partial charge in [-0.1, -0.05) is 0 Å². The Balaban J connectivity index is 1.95. The molecule has 1 amide bonds. The van der Waals surface area contributed by atoms with Crippen LogP contribution in [0.3, 0.4) is 0 Å². The highest BCUT2D eigenvalue weighted by Gasteiger charge is 2.56. The third-order valence-corrected chi connectivity index (χ3v) is 6.76. The maximum absolute atomic E-state index is 12.2. The lowest BCUT2D eigenvalue weighted by Gasteiger charge is -2.47. The molecule has 2 fully saturated rings. The van der Waals surface area contributed by atoms with Crippen molar-refractivity contribution in [3.63, 3.8) is 0 Å². The number of carbonyl (C=O) groups excluding carboxylic acids is 6.